The molecule has 1 aromatic heterocycles. The molecule has 1 radical (unpaired) electrons. The quantitative estimate of drug-likeness (QED) is 0.432. The molecular weight excluding hydrogens is 258 g/mol. The number of anilines is 1. The van der Waals surface area contributed by atoms with Gasteiger partial charge in [0.1, 0.15) is 12.8 Å². The molecule has 0 aromatic carbocycles. The lowest BCUT2D eigenvalue weighted by Gasteiger charge is -1.95. The molecule has 0 amide bonds. The molecule has 0 spiro atoms. The van der Waals surface area contributed by atoms with Crippen molar-refractivity contribution in [1.29, 1.82) is 0 Å². The molecule has 0 bridgehead atoms. The summed E-state index contributed by atoms with van der Waals surface area (Å²) in [4.78, 5) is 18.5. The number of oxime groups is 1. The van der Waals surface area contributed by atoms with E-state index in [2.05, 4.69) is 15.0 Å². The zero-order valence-corrected chi connectivity index (χ0v) is 9.50. The molecule has 10 heteroatoms. The van der Waals surface area contributed by atoms with E-state index in [1.807, 2.05) is 0 Å². The van der Waals surface area contributed by atoms with Crippen LogP contribution in [0.5, 0.6) is 0 Å². The Bertz CT molecular complexity index is 506. The fourth-order valence-electron chi connectivity index (χ4n) is 0.749. The molecule has 0 atom stereocenters. The smallest absolute Gasteiger partial charge is 0.359 e. The van der Waals surface area contributed by atoms with Crippen molar-refractivity contribution < 1.29 is 22.6 Å². The maximum Gasteiger partial charge on any atom is 0.359 e. The van der Waals surface area contributed by atoms with E-state index >= 15 is 0 Å². The largest absolute Gasteiger partial charge is 0.398 e. The van der Waals surface area contributed by atoms with Crippen LogP contribution in [0.1, 0.15) is 5.69 Å². The van der Waals surface area contributed by atoms with Crippen molar-refractivity contribution >= 4 is 38.8 Å². The number of nitrogens with zero attached hydrogens (tertiary/aromatic N) is 2. The maximum atomic E-state index is 10.5. The summed E-state index contributed by atoms with van der Waals surface area (Å²) >= 11 is 0.869. The Balaban J connectivity index is 2.94. The lowest BCUT2D eigenvalue weighted by atomic mass is 10.3. The van der Waals surface area contributed by atoms with Gasteiger partial charge >= 0.3 is 10.3 Å². The monoisotopic (exact) mass is 264 g/mol. The van der Waals surface area contributed by atoms with Crippen molar-refractivity contribution in [2.45, 2.75) is 0 Å². The third-order valence-corrected chi connectivity index (χ3v) is 2.58. The van der Waals surface area contributed by atoms with Gasteiger partial charge in [0.15, 0.2) is 10.8 Å². The van der Waals surface area contributed by atoms with E-state index in [9.17, 15) is 13.2 Å². The summed E-state index contributed by atoms with van der Waals surface area (Å²) in [7, 11) is -3.14. The molecule has 0 aliphatic rings. The molecule has 0 fully saturated rings. The van der Waals surface area contributed by atoms with Crippen LogP contribution in [-0.2, 0) is 19.9 Å². The van der Waals surface area contributed by atoms with E-state index in [4.69, 9.17) is 4.55 Å². The van der Waals surface area contributed by atoms with Crippen LogP contribution in [0, 0.1) is 0 Å². The standard InChI is InChI=1S/C6H6N3O5S2/c1-14-8-4(2-10)5-3-15-6(7-5)9-16(11,12)13/h3H,1H3,(H,7,9)(H,11,12,13). The lowest BCUT2D eigenvalue weighted by molar-refractivity contribution is 0.214. The van der Waals surface area contributed by atoms with Crippen LogP contribution in [0.2, 0.25) is 0 Å². The first-order valence-electron chi connectivity index (χ1n) is 3.66. The summed E-state index contributed by atoms with van der Waals surface area (Å²) in [5.41, 5.74) is -0.116. The van der Waals surface area contributed by atoms with Gasteiger partial charge in [0.2, 0.25) is 0 Å². The highest BCUT2D eigenvalue weighted by atomic mass is 32.2. The number of nitrogens with one attached hydrogen (secondary N) is 1. The Morgan fingerprint density at radius 1 is 1.75 bits per heavy atom. The van der Waals surface area contributed by atoms with Gasteiger partial charge in [-0.1, -0.05) is 5.16 Å². The third-order valence-electron chi connectivity index (χ3n) is 1.24. The maximum absolute atomic E-state index is 10.5. The van der Waals surface area contributed by atoms with Crippen LogP contribution < -0.4 is 4.72 Å². The van der Waals surface area contributed by atoms with Crippen LogP contribution in [0.25, 0.3) is 0 Å². The van der Waals surface area contributed by atoms with E-state index in [1.165, 1.54) is 18.8 Å². The first-order chi connectivity index (χ1) is 7.46. The fraction of sp³-hybridized carbons (Fsp3) is 0.167. The van der Waals surface area contributed by atoms with Gasteiger partial charge in [-0.2, -0.15) is 8.42 Å². The van der Waals surface area contributed by atoms with Crippen molar-refractivity contribution in [2.24, 2.45) is 5.16 Å². The minimum Gasteiger partial charge on any atom is -0.398 e. The van der Waals surface area contributed by atoms with Crippen molar-refractivity contribution in [3.63, 3.8) is 0 Å². The number of carbonyl (C=O) groups excluding carboxylic acids is 1. The van der Waals surface area contributed by atoms with E-state index in [0.29, 0.717) is 0 Å². The highest BCUT2D eigenvalue weighted by Gasteiger charge is 2.12. The highest BCUT2D eigenvalue weighted by molar-refractivity contribution is 7.87. The summed E-state index contributed by atoms with van der Waals surface area (Å²) < 4.78 is 31.1. The van der Waals surface area contributed by atoms with Gasteiger partial charge in [0.25, 0.3) is 6.29 Å². The van der Waals surface area contributed by atoms with Crippen molar-refractivity contribution in [3.8, 4) is 0 Å². The Kier molecular flexibility index (Phi) is 3.93. The van der Waals surface area contributed by atoms with Crippen LogP contribution in [-0.4, -0.2) is 37.1 Å². The van der Waals surface area contributed by atoms with Gasteiger partial charge < -0.3 is 4.84 Å². The second-order valence-electron chi connectivity index (χ2n) is 2.34. The predicted octanol–water partition coefficient (Wildman–Crippen LogP) is -0.182. The van der Waals surface area contributed by atoms with Crippen LogP contribution in [0.4, 0.5) is 5.13 Å². The number of rotatable bonds is 5. The molecular formula is C6H6N3O5S2. The molecule has 8 nitrogen and oxygen atoms in total. The van der Waals surface area contributed by atoms with E-state index < -0.39 is 10.3 Å². The summed E-state index contributed by atoms with van der Waals surface area (Å²) in [6.45, 7) is 0. The Hall–Kier alpha value is -1.52. The van der Waals surface area contributed by atoms with Crippen molar-refractivity contribution in [1.82, 2.24) is 4.98 Å². The zero-order chi connectivity index (χ0) is 12.2. The van der Waals surface area contributed by atoms with Gasteiger partial charge in [0, 0.05) is 5.38 Å². The number of hydrogen-bond donors (Lipinski definition) is 2. The predicted molar refractivity (Wildman–Crippen MR) is 56.5 cm³/mol. The molecule has 1 heterocycles. The molecule has 87 valence electrons. The first kappa shape index (κ1) is 12.5. The van der Waals surface area contributed by atoms with Crippen LogP contribution in [0.15, 0.2) is 10.5 Å². The van der Waals surface area contributed by atoms with Crippen molar-refractivity contribution in [3.05, 3.63) is 11.1 Å². The van der Waals surface area contributed by atoms with Gasteiger partial charge in [-0.3, -0.25) is 9.35 Å². The average Bonchev–Trinajstić information content (AvgIpc) is 2.59. The molecule has 1 aromatic rings. The number of aromatic nitrogens is 1. The Morgan fingerprint density at radius 2 is 2.44 bits per heavy atom. The van der Waals surface area contributed by atoms with Crippen molar-refractivity contribution in [2.75, 3.05) is 11.8 Å². The van der Waals surface area contributed by atoms with E-state index in [1.54, 1.807) is 4.72 Å². The zero-order valence-electron chi connectivity index (χ0n) is 7.87. The molecule has 2 N–H and O–H groups in total. The molecule has 1 rings (SSSR count). The van der Waals surface area contributed by atoms with E-state index in [-0.39, 0.29) is 16.5 Å². The van der Waals surface area contributed by atoms with Gasteiger partial charge in [-0.05, 0) is 0 Å². The summed E-state index contributed by atoms with van der Waals surface area (Å²) in [6, 6.07) is 0. The van der Waals surface area contributed by atoms with Gasteiger partial charge in [-0.25, -0.2) is 9.71 Å². The SMILES string of the molecule is CON=C([C]=O)c1csc(NS(=O)(=O)O)n1. The minimum atomic E-state index is -4.38. The van der Waals surface area contributed by atoms with Gasteiger partial charge in [0.05, 0.1) is 0 Å². The van der Waals surface area contributed by atoms with Crippen LogP contribution in [0.3, 0.4) is 0 Å². The fourth-order valence-corrected chi connectivity index (χ4v) is 2.06. The first-order valence-corrected chi connectivity index (χ1v) is 5.98. The summed E-state index contributed by atoms with van der Waals surface area (Å²) in [5.74, 6) is 0. The second kappa shape index (κ2) is 5.01. The molecule has 0 saturated carbocycles. The molecule has 0 saturated heterocycles. The molecule has 0 aliphatic heterocycles. The average molecular weight is 264 g/mol. The summed E-state index contributed by atoms with van der Waals surface area (Å²) in [6.07, 6.45) is 1.47. The summed E-state index contributed by atoms with van der Waals surface area (Å²) in [5, 5.41) is 4.58. The normalized spacial score (nSPS) is 12.2. The molecule has 0 unspecified atom stereocenters. The second-order valence-corrected chi connectivity index (χ2v) is 4.35. The lowest BCUT2D eigenvalue weighted by Crippen LogP contribution is -2.10. The molecule has 16 heavy (non-hydrogen) atoms. The van der Waals surface area contributed by atoms with Gasteiger partial charge in [-0.15, -0.1) is 11.3 Å². The van der Waals surface area contributed by atoms with Crippen LogP contribution >= 0.6 is 11.3 Å². The third kappa shape index (κ3) is 3.56. The number of hydrogen-bond acceptors (Lipinski definition) is 7. The topological polar surface area (TPSA) is 118 Å². The molecule has 0 aliphatic carbocycles. The minimum absolute atomic E-state index is 0.0907. The van der Waals surface area contributed by atoms with E-state index in [0.717, 1.165) is 11.3 Å². The number of thiazole rings is 1. The highest BCUT2D eigenvalue weighted by Crippen LogP contribution is 2.16. The Labute approximate surface area is 94.8 Å². The Morgan fingerprint density at radius 3 is 2.94 bits per heavy atom.